The van der Waals surface area contributed by atoms with Crippen molar-refractivity contribution in [3.05, 3.63) is 56.2 Å². The number of nitrogens with zero attached hydrogens (tertiary/aromatic N) is 5. The molecular formula is C19H15Cl2N5O3. The molecule has 0 atom stereocenters. The lowest BCUT2D eigenvalue weighted by molar-refractivity contribution is -0.124. The van der Waals surface area contributed by atoms with E-state index in [0.29, 0.717) is 11.1 Å². The summed E-state index contributed by atoms with van der Waals surface area (Å²) in [5, 5.41) is 14.2. The number of rotatable bonds is 4. The molecule has 0 unspecified atom stereocenters. The number of benzene rings is 1. The van der Waals surface area contributed by atoms with E-state index in [0.717, 1.165) is 5.01 Å². The number of hydrogen-bond donors (Lipinski definition) is 0. The summed E-state index contributed by atoms with van der Waals surface area (Å²) in [5.41, 5.74) is 0.727. The molecule has 0 spiro atoms. The minimum Gasteiger partial charge on any atom is -0.334 e. The predicted molar refractivity (Wildman–Crippen MR) is 108 cm³/mol. The van der Waals surface area contributed by atoms with Crippen LogP contribution in [0.5, 0.6) is 0 Å². The minimum atomic E-state index is -0.630. The smallest absolute Gasteiger partial charge is 0.276 e. The molecule has 0 saturated carbocycles. The van der Waals surface area contributed by atoms with Gasteiger partial charge in [0.1, 0.15) is 6.07 Å². The Labute approximate surface area is 176 Å². The van der Waals surface area contributed by atoms with Crippen molar-refractivity contribution >= 4 is 46.3 Å². The average molecular weight is 432 g/mol. The van der Waals surface area contributed by atoms with Gasteiger partial charge in [-0.3, -0.25) is 14.4 Å². The van der Waals surface area contributed by atoms with Crippen molar-refractivity contribution in [2.24, 2.45) is 5.10 Å². The van der Waals surface area contributed by atoms with E-state index in [1.54, 1.807) is 16.8 Å². The van der Waals surface area contributed by atoms with Crippen LogP contribution in [-0.4, -0.2) is 27.0 Å². The summed E-state index contributed by atoms with van der Waals surface area (Å²) in [6.07, 6.45) is 2.65. The van der Waals surface area contributed by atoms with Gasteiger partial charge in [0, 0.05) is 27.4 Å². The molecule has 8 nitrogen and oxygen atoms in total. The van der Waals surface area contributed by atoms with Gasteiger partial charge < -0.3 is 4.57 Å². The van der Waals surface area contributed by atoms with Gasteiger partial charge in [-0.05, 0) is 18.1 Å². The van der Waals surface area contributed by atoms with Crippen LogP contribution >= 0.6 is 23.2 Å². The lowest BCUT2D eigenvalue weighted by atomic mass is 10.1. The van der Waals surface area contributed by atoms with E-state index < -0.39 is 18.1 Å². The Morgan fingerprint density at radius 3 is 2.45 bits per heavy atom. The maximum atomic E-state index is 12.2. The van der Waals surface area contributed by atoms with Crippen molar-refractivity contribution in [1.29, 1.82) is 5.26 Å². The van der Waals surface area contributed by atoms with Gasteiger partial charge in [-0.1, -0.05) is 37.0 Å². The fourth-order valence-corrected chi connectivity index (χ4v) is 3.39. The molecule has 10 heteroatoms. The van der Waals surface area contributed by atoms with Crippen LogP contribution in [0, 0.1) is 11.3 Å². The number of nitriles is 1. The van der Waals surface area contributed by atoms with Crippen molar-refractivity contribution < 1.29 is 9.59 Å². The first kappa shape index (κ1) is 20.7. The van der Waals surface area contributed by atoms with Crippen molar-refractivity contribution in [1.82, 2.24) is 9.55 Å². The lowest BCUT2D eigenvalue weighted by Gasteiger charge is -2.22. The third-order valence-electron chi connectivity index (χ3n) is 4.33. The highest BCUT2D eigenvalue weighted by Gasteiger charge is 2.29. The monoisotopic (exact) mass is 431 g/mol. The van der Waals surface area contributed by atoms with E-state index in [4.69, 9.17) is 28.5 Å². The third-order valence-corrected chi connectivity index (χ3v) is 5.00. The maximum absolute atomic E-state index is 12.2. The molecule has 1 aliphatic rings. The second kappa shape index (κ2) is 8.15. The molecular weight excluding hydrogens is 417 g/mol. The second-order valence-electron chi connectivity index (χ2n) is 6.72. The predicted octanol–water partition coefficient (Wildman–Crippen LogP) is 2.91. The standard InChI is InChI=1S/C19H15Cl2N5O3/c1-10(2)12-7-25(9-23-19(12)29)8-13-14(20)3-11(4-15(13)21)26-18(28)5-17(27)16(6-22)24-26/h3-4,7,9-10H,5,8H2,1-2H3. The van der Waals surface area contributed by atoms with Crippen molar-refractivity contribution in [2.75, 3.05) is 5.01 Å². The number of halogens is 2. The normalized spacial score (nSPS) is 14.2. The molecule has 0 radical (unpaired) electrons. The van der Waals surface area contributed by atoms with E-state index in [1.807, 2.05) is 13.8 Å². The average Bonchev–Trinajstić information content (AvgIpc) is 2.65. The quantitative estimate of drug-likeness (QED) is 0.691. The molecule has 3 rings (SSSR count). The Morgan fingerprint density at radius 2 is 1.86 bits per heavy atom. The highest BCUT2D eigenvalue weighted by molar-refractivity contribution is 6.50. The van der Waals surface area contributed by atoms with E-state index in [2.05, 4.69) is 10.1 Å². The summed E-state index contributed by atoms with van der Waals surface area (Å²) in [5.74, 6) is -1.20. The lowest BCUT2D eigenvalue weighted by Crippen LogP contribution is -2.36. The summed E-state index contributed by atoms with van der Waals surface area (Å²) in [7, 11) is 0. The number of aromatic nitrogens is 2. The highest BCUT2D eigenvalue weighted by Crippen LogP contribution is 2.33. The Kier molecular flexibility index (Phi) is 5.82. The fraction of sp³-hybridized carbons (Fsp3) is 0.263. The molecule has 2 aromatic rings. The Morgan fingerprint density at radius 1 is 1.21 bits per heavy atom. The Bertz CT molecular complexity index is 1120. The summed E-state index contributed by atoms with van der Waals surface area (Å²) in [6, 6.07) is 4.63. The van der Waals surface area contributed by atoms with Crippen molar-refractivity contribution in [2.45, 2.75) is 32.7 Å². The molecule has 1 aliphatic heterocycles. The van der Waals surface area contributed by atoms with Crippen LogP contribution in [0.3, 0.4) is 0 Å². The number of ketones is 1. The largest absolute Gasteiger partial charge is 0.334 e. The van der Waals surface area contributed by atoms with Gasteiger partial charge in [-0.25, -0.2) is 0 Å². The van der Waals surface area contributed by atoms with Gasteiger partial charge in [-0.15, -0.1) is 0 Å². The number of carbonyl (C=O) groups excluding carboxylic acids is 2. The molecule has 2 heterocycles. The minimum absolute atomic E-state index is 0.00999. The number of carbonyl (C=O) groups is 2. The molecule has 0 bridgehead atoms. The Hall–Kier alpha value is -3.02. The van der Waals surface area contributed by atoms with E-state index in [1.165, 1.54) is 18.5 Å². The van der Waals surface area contributed by atoms with Crippen LogP contribution in [0.2, 0.25) is 10.0 Å². The SMILES string of the molecule is CC(C)c1cn(Cc2c(Cl)cc(N3N=C(C#N)C(=O)CC3=O)cc2Cl)cnc1=O. The summed E-state index contributed by atoms with van der Waals surface area (Å²) < 4.78 is 1.69. The summed E-state index contributed by atoms with van der Waals surface area (Å²) >= 11 is 12.8. The van der Waals surface area contributed by atoms with E-state index >= 15 is 0 Å². The molecule has 0 fully saturated rings. The van der Waals surface area contributed by atoms with E-state index in [-0.39, 0.29) is 39.5 Å². The van der Waals surface area contributed by atoms with Gasteiger partial charge in [0.05, 0.1) is 25.0 Å². The van der Waals surface area contributed by atoms with E-state index in [9.17, 15) is 14.4 Å². The van der Waals surface area contributed by atoms with Gasteiger partial charge in [0.2, 0.25) is 11.5 Å². The van der Waals surface area contributed by atoms with Gasteiger partial charge in [0.25, 0.3) is 11.5 Å². The number of anilines is 1. The molecule has 0 N–H and O–H groups in total. The molecule has 1 aromatic carbocycles. The topological polar surface area (TPSA) is 108 Å². The van der Waals surface area contributed by atoms with Crippen LogP contribution in [0.4, 0.5) is 5.69 Å². The molecule has 0 aliphatic carbocycles. The van der Waals surface area contributed by atoms with Crippen LogP contribution in [0.15, 0.2) is 34.6 Å². The van der Waals surface area contributed by atoms with Gasteiger partial charge in [-0.2, -0.15) is 20.4 Å². The van der Waals surface area contributed by atoms with Crippen LogP contribution in [0.25, 0.3) is 0 Å². The fourth-order valence-electron chi connectivity index (χ4n) is 2.79. The molecule has 148 valence electrons. The van der Waals surface area contributed by atoms with Crippen molar-refractivity contribution in [3.63, 3.8) is 0 Å². The number of Topliss-reactive ketones (excluding diaryl/α,β-unsaturated/α-hetero) is 1. The molecule has 29 heavy (non-hydrogen) atoms. The van der Waals surface area contributed by atoms with Gasteiger partial charge in [0.15, 0.2) is 0 Å². The zero-order valence-electron chi connectivity index (χ0n) is 15.5. The first-order valence-corrected chi connectivity index (χ1v) is 9.35. The summed E-state index contributed by atoms with van der Waals surface area (Å²) in [4.78, 5) is 39.5. The van der Waals surface area contributed by atoms with Crippen molar-refractivity contribution in [3.8, 4) is 6.07 Å². The maximum Gasteiger partial charge on any atom is 0.276 e. The highest BCUT2D eigenvalue weighted by atomic mass is 35.5. The summed E-state index contributed by atoms with van der Waals surface area (Å²) in [6.45, 7) is 4.05. The van der Waals surface area contributed by atoms with Crippen LogP contribution in [0.1, 0.15) is 37.3 Å². The zero-order valence-corrected chi connectivity index (χ0v) is 17.0. The first-order valence-electron chi connectivity index (χ1n) is 8.60. The number of hydrogen-bond acceptors (Lipinski definition) is 6. The first-order chi connectivity index (χ1) is 13.7. The van der Waals surface area contributed by atoms with Crippen LogP contribution in [-0.2, 0) is 16.1 Å². The van der Waals surface area contributed by atoms with Gasteiger partial charge >= 0.3 is 0 Å². The third kappa shape index (κ3) is 4.21. The number of amides is 1. The number of hydrazone groups is 1. The second-order valence-corrected chi connectivity index (χ2v) is 7.53. The molecule has 0 saturated heterocycles. The van der Waals surface area contributed by atoms with Crippen LogP contribution < -0.4 is 10.6 Å². The Balaban J connectivity index is 1.97. The molecule has 1 aromatic heterocycles. The zero-order chi connectivity index (χ0) is 21.3. The molecule has 1 amide bonds.